The first-order chi connectivity index (χ1) is 9.83. The van der Waals surface area contributed by atoms with Crippen molar-refractivity contribution in [1.82, 2.24) is 0 Å². The van der Waals surface area contributed by atoms with Crippen LogP contribution in [0.2, 0.25) is 0 Å². The fourth-order valence-corrected chi connectivity index (χ4v) is 3.59. The van der Waals surface area contributed by atoms with Gasteiger partial charge in [-0.15, -0.1) is 22.9 Å². The maximum Gasteiger partial charge on any atom is 0.135 e. The molecule has 1 nitrogen and oxygen atoms in total. The molecule has 0 amide bonds. The Balaban J connectivity index is 1.91. The van der Waals surface area contributed by atoms with Gasteiger partial charge in [0.2, 0.25) is 0 Å². The van der Waals surface area contributed by atoms with Gasteiger partial charge >= 0.3 is 0 Å². The molecule has 0 aliphatic heterocycles. The molecule has 3 heteroatoms. The van der Waals surface area contributed by atoms with E-state index in [9.17, 15) is 0 Å². The van der Waals surface area contributed by atoms with Crippen LogP contribution in [0, 0.1) is 0 Å². The number of rotatable bonds is 2. The lowest BCUT2D eigenvalue weighted by molar-refractivity contribution is 0.669. The maximum atomic E-state index is 6.57. The molecule has 0 spiro atoms. The van der Waals surface area contributed by atoms with Gasteiger partial charge in [0, 0.05) is 15.6 Å². The molecular formula is C17H11ClOS. The third-order valence-corrected chi connectivity index (χ3v) is 5.04. The van der Waals surface area contributed by atoms with Gasteiger partial charge in [-0.2, -0.15) is 0 Å². The molecule has 2 aromatic heterocycles. The summed E-state index contributed by atoms with van der Waals surface area (Å²) in [6, 6.07) is 18.4. The van der Waals surface area contributed by atoms with E-state index in [0.717, 1.165) is 27.5 Å². The Bertz CT molecular complexity index is 876. The monoisotopic (exact) mass is 298 g/mol. The molecule has 98 valence electrons. The first-order valence-electron chi connectivity index (χ1n) is 6.41. The number of benzene rings is 2. The zero-order valence-electron chi connectivity index (χ0n) is 10.5. The Hall–Kier alpha value is -1.77. The number of hydrogen-bond donors (Lipinski definition) is 0. The second-order valence-corrected chi connectivity index (χ2v) is 6.15. The Morgan fingerprint density at radius 2 is 1.75 bits per heavy atom. The van der Waals surface area contributed by atoms with Gasteiger partial charge in [-0.3, -0.25) is 0 Å². The molecule has 4 aromatic rings. The molecule has 2 aromatic carbocycles. The van der Waals surface area contributed by atoms with Gasteiger partial charge in [0.1, 0.15) is 11.2 Å². The molecular weight excluding hydrogens is 288 g/mol. The van der Waals surface area contributed by atoms with E-state index in [1.807, 2.05) is 36.4 Å². The Kier molecular flexibility index (Phi) is 2.79. The number of para-hydroxylation sites is 1. The van der Waals surface area contributed by atoms with Crippen LogP contribution in [0.4, 0.5) is 0 Å². The van der Waals surface area contributed by atoms with Gasteiger partial charge in [0.05, 0.1) is 5.38 Å². The van der Waals surface area contributed by atoms with E-state index in [1.165, 1.54) is 4.88 Å². The summed E-state index contributed by atoms with van der Waals surface area (Å²) in [6.45, 7) is 0. The first-order valence-corrected chi connectivity index (χ1v) is 7.73. The summed E-state index contributed by atoms with van der Waals surface area (Å²) in [5.41, 5.74) is 2.93. The molecule has 0 fully saturated rings. The summed E-state index contributed by atoms with van der Waals surface area (Å²) in [6.07, 6.45) is 0. The average Bonchev–Trinajstić information content (AvgIpc) is 3.13. The van der Waals surface area contributed by atoms with Crippen LogP contribution in [0.5, 0.6) is 0 Å². The number of thiophene rings is 1. The second kappa shape index (κ2) is 4.65. The molecule has 1 atom stereocenters. The van der Waals surface area contributed by atoms with Crippen molar-refractivity contribution in [2.45, 2.75) is 5.38 Å². The summed E-state index contributed by atoms with van der Waals surface area (Å²) in [7, 11) is 0. The molecule has 2 heterocycles. The normalized spacial score (nSPS) is 13.1. The molecule has 20 heavy (non-hydrogen) atoms. The number of hydrogen-bond acceptors (Lipinski definition) is 2. The van der Waals surface area contributed by atoms with Crippen LogP contribution in [0.25, 0.3) is 21.9 Å². The molecule has 0 saturated carbocycles. The predicted molar refractivity (Wildman–Crippen MR) is 85.7 cm³/mol. The third-order valence-electron chi connectivity index (χ3n) is 3.49. The van der Waals surface area contributed by atoms with E-state index < -0.39 is 0 Å². The van der Waals surface area contributed by atoms with Crippen LogP contribution in [0.15, 0.2) is 64.4 Å². The third kappa shape index (κ3) is 1.84. The van der Waals surface area contributed by atoms with Gasteiger partial charge in [-0.05, 0) is 35.2 Å². The number of halogens is 1. The number of furan rings is 1. The van der Waals surface area contributed by atoms with Crippen LogP contribution in [0.3, 0.4) is 0 Å². The van der Waals surface area contributed by atoms with Crippen molar-refractivity contribution in [2.24, 2.45) is 0 Å². The summed E-state index contributed by atoms with van der Waals surface area (Å²) in [5.74, 6) is 0. The highest BCUT2D eigenvalue weighted by atomic mass is 35.5. The van der Waals surface area contributed by atoms with Crippen LogP contribution in [-0.2, 0) is 0 Å². The zero-order chi connectivity index (χ0) is 13.5. The van der Waals surface area contributed by atoms with Gasteiger partial charge in [0.15, 0.2) is 0 Å². The van der Waals surface area contributed by atoms with E-state index in [-0.39, 0.29) is 5.38 Å². The van der Waals surface area contributed by atoms with Crippen molar-refractivity contribution in [3.63, 3.8) is 0 Å². The van der Waals surface area contributed by atoms with Crippen molar-refractivity contribution in [1.29, 1.82) is 0 Å². The van der Waals surface area contributed by atoms with Gasteiger partial charge in [0.25, 0.3) is 0 Å². The highest BCUT2D eigenvalue weighted by Crippen LogP contribution is 2.36. The molecule has 0 bridgehead atoms. The highest BCUT2D eigenvalue weighted by Gasteiger charge is 2.14. The minimum absolute atomic E-state index is 0.104. The Labute approximate surface area is 125 Å². The van der Waals surface area contributed by atoms with E-state index in [1.54, 1.807) is 11.3 Å². The molecule has 4 rings (SSSR count). The average molecular weight is 299 g/mol. The molecule has 0 saturated heterocycles. The standard InChI is InChI=1S/C17H11ClOS/c18-17(16-6-3-9-20-16)11-7-8-15-13(10-11)12-4-1-2-5-14(12)19-15/h1-10,17H. The predicted octanol–water partition coefficient (Wildman–Crippen LogP) is 5.98. The quantitative estimate of drug-likeness (QED) is 0.415. The molecule has 0 N–H and O–H groups in total. The highest BCUT2D eigenvalue weighted by molar-refractivity contribution is 7.10. The van der Waals surface area contributed by atoms with Gasteiger partial charge in [-0.25, -0.2) is 0 Å². The van der Waals surface area contributed by atoms with Gasteiger partial charge < -0.3 is 4.42 Å². The lowest BCUT2D eigenvalue weighted by Gasteiger charge is -2.07. The lowest BCUT2D eigenvalue weighted by Crippen LogP contribution is -1.89. The Morgan fingerprint density at radius 1 is 0.900 bits per heavy atom. The van der Waals surface area contributed by atoms with Crippen LogP contribution in [-0.4, -0.2) is 0 Å². The smallest absolute Gasteiger partial charge is 0.135 e. The molecule has 1 unspecified atom stereocenters. The largest absolute Gasteiger partial charge is 0.456 e. The number of fused-ring (bicyclic) bond motifs is 3. The fourth-order valence-electron chi connectivity index (χ4n) is 2.50. The number of alkyl halides is 1. The van der Waals surface area contributed by atoms with Crippen molar-refractivity contribution in [2.75, 3.05) is 0 Å². The van der Waals surface area contributed by atoms with Crippen LogP contribution in [0.1, 0.15) is 15.8 Å². The van der Waals surface area contributed by atoms with E-state index in [2.05, 4.69) is 23.6 Å². The summed E-state index contributed by atoms with van der Waals surface area (Å²) < 4.78 is 5.84. The summed E-state index contributed by atoms with van der Waals surface area (Å²) >= 11 is 8.25. The topological polar surface area (TPSA) is 13.1 Å². The van der Waals surface area contributed by atoms with Gasteiger partial charge in [-0.1, -0.05) is 30.3 Å². The van der Waals surface area contributed by atoms with E-state index in [4.69, 9.17) is 16.0 Å². The van der Waals surface area contributed by atoms with E-state index >= 15 is 0 Å². The molecule has 0 aliphatic carbocycles. The van der Waals surface area contributed by atoms with Crippen LogP contribution < -0.4 is 0 Å². The molecule has 0 aliphatic rings. The lowest BCUT2D eigenvalue weighted by atomic mass is 10.1. The minimum Gasteiger partial charge on any atom is -0.456 e. The van der Waals surface area contributed by atoms with E-state index in [0.29, 0.717) is 0 Å². The van der Waals surface area contributed by atoms with Crippen LogP contribution >= 0.6 is 22.9 Å². The Morgan fingerprint density at radius 3 is 2.60 bits per heavy atom. The molecule has 0 radical (unpaired) electrons. The zero-order valence-corrected chi connectivity index (χ0v) is 12.1. The van der Waals surface area contributed by atoms with Crippen molar-refractivity contribution in [3.05, 3.63) is 70.4 Å². The minimum atomic E-state index is -0.104. The van der Waals surface area contributed by atoms with Crippen molar-refractivity contribution >= 4 is 44.9 Å². The maximum absolute atomic E-state index is 6.57. The summed E-state index contributed by atoms with van der Waals surface area (Å²) in [5, 5.41) is 4.21. The second-order valence-electron chi connectivity index (χ2n) is 4.73. The summed E-state index contributed by atoms with van der Waals surface area (Å²) in [4.78, 5) is 1.17. The fraction of sp³-hybridized carbons (Fsp3) is 0.0588. The SMILES string of the molecule is ClC(c1ccc2oc3ccccc3c2c1)c1cccs1. The van der Waals surface area contributed by atoms with Crippen molar-refractivity contribution < 1.29 is 4.42 Å². The first kappa shape index (κ1) is 12.0. The van der Waals surface area contributed by atoms with Crippen molar-refractivity contribution in [3.8, 4) is 0 Å².